The molecule has 0 aromatic rings. The van der Waals surface area contributed by atoms with Crippen molar-refractivity contribution in [2.75, 3.05) is 26.0 Å². The molecule has 1 atom stereocenters. The Kier molecular flexibility index (Phi) is 7.69. The summed E-state index contributed by atoms with van der Waals surface area (Å²) in [6.45, 7) is -2.63. The van der Waals surface area contributed by atoms with Crippen LogP contribution in [0.15, 0.2) is 0 Å². The summed E-state index contributed by atoms with van der Waals surface area (Å²) >= 11 is 0. The van der Waals surface area contributed by atoms with Gasteiger partial charge in [-0.15, -0.1) is 0 Å². The van der Waals surface area contributed by atoms with Gasteiger partial charge in [0.1, 0.15) is 0 Å². The molecule has 0 spiro atoms. The summed E-state index contributed by atoms with van der Waals surface area (Å²) in [5.74, 6) is -1.37. The average Bonchev–Trinajstić information content (AvgIpc) is 2.30. The van der Waals surface area contributed by atoms with Crippen LogP contribution >= 0.6 is 7.60 Å². The van der Waals surface area contributed by atoms with Crippen molar-refractivity contribution in [2.45, 2.75) is 25.7 Å². The van der Waals surface area contributed by atoms with Crippen molar-refractivity contribution in [3.8, 4) is 0 Å². The van der Waals surface area contributed by atoms with Gasteiger partial charge in [-0.1, -0.05) is 0 Å². The molecule has 126 valence electrons. The molecular formula is C9H13F6O5P. The van der Waals surface area contributed by atoms with Crippen molar-refractivity contribution in [3.05, 3.63) is 0 Å². The van der Waals surface area contributed by atoms with Crippen molar-refractivity contribution in [2.24, 2.45) is 0 Å². The van der Waals surface area contributed by atoms with E-state index in [0.29, 0.717) is 0 Å². The number of halogens is 6. The van der Waals surface area contributed by atoms with E-state index in [1.807, 2.05) is 0 Å². The minimum Gasteiger partial charge on any atom is -0.456 e. The quantitative estimate of drug-likeness (QED) is 0.383. The van der Waals surface area contributed by atoms with E-state index in [9.17, 15) is 35.7 Å². The largest absolute Gasteiger partial charge is 0.456 e. The second-order valence-corrected chi connectivity index (χ2v) is 5.85. The summed E-state index contributed by atoms with van der Waals surface area (Å²) in [4.78, 5) is 11.0. The standard InChI is InChI=1S/C9H13F6O5P/c1-2-19-21(17,20-6-9(13,14)15)4-3-7(16)18-5-8(10,11)12/h2-6H2,1H3. The van der Waals surface area contributed by atoms with Gasteiger partial charge >= 0.3 is 25.9 Å². The molecule has 12 heteroatoms. The summed E-state index contributed by atoms with van der Waals surface area (Å²) in [6.07, 6.45) is -11.1. The third kappa shape index (κ3) is 11.5. The van der Waals surface area contributed by atoms with Crippen molar-refractivity contribution in [1.82, 2.24) is 0 Å². The molecule has 0 aromatic carbocycles. The van der Waals surface area contributed by atoms with Gasteiger partial charge in [-0.05, 0) is 6.92 Å². The molecule has 0 bridgehead atoms. The maximum atomic E-state index is 12.0. The van der Waals surface area contributed by atoms with Gasteiger partial charge in [0, 0.05) is 0 Å². The first-order valence-corrected chi connectivity index (χ1v) is 7.27. The van der Waals surface area contributed by atoms with Crippen LogP contribution in [0.5, 0.6) is 0 Å². The average molecular weight is 346 g/mol. The Labute approximate surface area is 116 Å². The van der Waals surface area contributed by atoms with Crippen LogP contribution in [0, 0.1) is 0 Å². The lowest BCUT2D eigenvalue weighted by Crippen LogP contribution is -2.21. The summed E-state index contributed by atoms with van der Waals surface area (Å²) in [5, 5.41) is 0. The lowest BCUT2D eigenvalue weighted by molar-refractivity contribution is -0.186. The highest BCUT2D eigenvalue weighted by Crippen LogP contribution is 2.49. The van der Waals surface area contributed by atoms with E-state index in [4.69, 9.17) is 0 Å². The Morgan fingerprint density at radius 3 is 1.95 bits per heavy atom. The fourth-order valence-electron chi connectivity index (χ4n) is 0.997. The van der Waals surface area contributed by atoms with E-state index < -0.39 is 51.7 Å². The van der Waals surface area contributed by atoms with Crippen molar-refractivity contribution in [1.29, 1.82) is 0 Å². The predicted molar refractivity (Wildman–Crippen MR) is 57.7 cm³/mol. The fourth-order valence-corrected chi connectivity index (χ4v) is 2.52. The van der Waals surface area contributed by atoms with Crippen LogP contribution in [-0.2, 0) is 23.1 Å². The summed E-state index contributed by atoms with van der Waals surface area (Å²) in [7, 11) is -4.24. The zero-order valence-electron chi connectivity index (χ0n) is 10.8. The molecule has 0 N–H and O–H groups in total. The molecule has 0 aliphatic rings. The minimum atomic E-state index is -4.76. The van der Waals surface area contributed by atoms with Crippen LogP contribution in [0.1, 0.15) is 13.3 Å². The monoisotopic (exact) mass is 346 g/mol. The van der Waals surface area contributed by atoms with E-state index in [-0.39, 0.29) is 6.61 Å². The van der Waals surface area contributed by atoms with Gasteiger partial charge in [-0.2, -0.15) is 26.3 Å². The molecule has 5 nitrogen and oxygen atoms in total. The molecule has 0 aliphatic heterocycles. The van der Waals surface area contributed by atoms with Gasteiger partial charge < -0.3 is 9.26 Å². The summed E-state index contributed by atoms with van der Waals surface area (Å²) < 4.78 is 95.4. The number of ether oxygens (including phenoxy) is 1. The van der Waals surface area contributed by atoms with Crippen molar-refractivity contribution in [3.63, 3.8) is 0 Å². The second-order valence-electron chi connectivity index (χ2n) is 3.67. The van der Waals surface area contributed by atoms with Crippen LogP contribution in [0.4, 0.5) is 26.3 Å². The molecule has 1 unspecified atom stereocenters. The normalized spacial score (nSPS) is 15.6. The molecule has 0 rings (SSSR count). The number of carbonyl (C=O) groups excluding carboxylic acids is 1. The Bertz CT molecular complexity index is 380. The highest BCUT2D eigenvalue weighted by molar-refractivity contribution is 7.53. The van der Waals surface area contributed by atoms with Gasteiger partial charge in [0.15, 0.2) is 13.2 Å². The molecule has 0 aromatic heterocycles. The van der Waals surface area contributed by atoms with Crippen molar-refractivity contribution < 1.29 is 49.5 Å². The maximum Gasteiger partial charge on any atom is 0.422 e. The van der Waals surface area contributed by atoms with E-state index in [1.165, 1.54) is 6.92 Å². The van der Waals surface area contributed by atoms with Gasteiger partial charge in [-0.25, -0.2) is 0 Å². The van der Waals surface area contributed by atoms with E-state index in [2.05, 4.69) is 13.8 Å². The molecule has 0 amide bonds. The minimum absolute atomic E-state index is 0.257. The Morgan fingerprint density at radius 2 is 1.52 bits per heavy atom. The zero-order valence-corrected chi connectivity index (χ0v) is 11.7. The number of carbonyl (C=O) groups is 1. The van der Waals surface area contributed by atoms with Crippen LogP contribution in [0.3, 0.4) is 0 Å². The van der Waals surface area contributed by atoms with Gasteiger partial charge in [-0.3, -0.25) is 13.9 Å². The number of esters is 1. The Hall–Kier alpha value is -0.800. The predicted octanol–water partition coefficient (Wildman–Crippen LogP) is 3.29. The number of hydrogen-bond donors (Lipinski definition) is 0. The Balaban J connectivity index is 4.37. The molecule has 0 radical (unpaired) electrons. The highest BCUT2D eigenvalue weighted by atomic mass is 31.2. The smallest absolute Gasteiger partial charge is 0.422 e. The first-order chi connectivity index (χ1) is 9.37. The first kappa shape index (κ1) is 20.2. The van der Waals surface area contributed by atoms with E-state index in [0.717, 1.165) is 0 Å². The van der Waals surface area contributed by atoms with Crippen molar-refractivity contribution >= 4 is 13.6 Å². The lowest BCUT2D eigenvalue weighted by Gasteiger charge is -2.18. The lowest BCUT2D eigenvalue weighted by atomic mass is 10.5. The molecule has 0 saturated carbocycles. The molecule has 0 saturated heterocycles. The zero-order chi connectivity index (χ0) is 16.7. The van der Waals surface area contributed by atoms with Crippen LogP contribution in [-0.4, -0.2) is 44.3 Å². The summed E-state index contributed by atoms with van der Waals surface area (Å²) in [5.41, 5.74) is 0. The molecule has 0 aliphatic carbocycles. The fraction of sp³-hybridized carbons (Fsp3) is 0.889. The van der Waals surface area contributed by atoms with Gasteiger partial charge in [0.05, 0.1) is 19.2 Å². The van der Waals surface area contributed by atoms with Gasteiger partial charge in [0.2, 0.25) is 0 Å². The topological polar surface area (TPSA) is 61.8 Å². The molecule has 0 heterocycles. The van der Waals surface area contributed by atoms with Crippen LogP contribution < -0.4 is 0 Å². The highest BCUT2D eigenvalue weighted by Gasteiger charge is 2.35. The molecule has 21 heavy (non-hydrogen) atoms. The second kappa shape index (κ2) is 8.00. The molecule has 0 fully saturated rings. The summed E-state index contributed by atoms with van der Waals surface area (Å²) in [6, 6.07) is 0. The van der Waals surface area contributed by atoms with E-state index >= 15 is 0 Å². The van der Waals surface area contributed by atoms with Crippen LogP contribution in [0.2, 0.25) is 0 Å². The number of alkyl halides is 6. The van der Waals surface area contributed by atoms with E-state index in [1.54, 1.807) is 0 Å². The third-order valence-electron chi connectivity index (χ3n) is 1.74. The molecular weight excluding hydrogens is 333 g/mol. The SMILES string of the molecule is CCOP(=O)(CCC(=O)OCC(F)(F)F)OCC(F)(F)F. The van der Waals surface area contributed by atoms with Gasteiger partial charge in [0.25, 0.3) is 0 Å². The van der Waals surface area contributed by atoms with Crippen LogP contribution in [0.25, 0.3) is 0 Å². The number of rotatable bonds is 8. The first-order valence-electron chi connectivity index (χ1n) is 5.54. The third-order valence-corrected chi connectivity index (χ3v) is 3.68. The Morgan fingerprint density at radius 1 is 1.00 bits per heavy atom. The number of hydrogen-bond acceptors (Lipinski definition) is 5. The maximum absolute atomic E-state index is 12.0.